The SMILES string of the molecule is CCc1ccc(CN(Cn2nc3n(c2=S)CCCCC3)C2CC2)cc1. The molecule has 0 spiro atoms. The molecule has 2 aromatic rings. The first kappa shape index (κ1) is 17.0. The van der Waals surface area contributed by atoms with Crippen LogP contribution in [0.5, 0.6) is 0 Å². The quantitative estimate of drug-likeness (QED) is 0.721. The van der Waals surface area contributed by atoms with E-state index in [1.54, 1.807) is 0 Å². The van der Waals surface area contributed by atoms with Crippen LogP contribution in [-0.2, 0) is 32.6 Å². The van der Waals surface area contributed by atoms with Gasteiger partial charge in [-0.05, 0) is 55.4 Å². The standard InChI is InChI=1S/C20H28N4S/c1-2-16-7-9-17(10-8-16)14-22(18-11-12-18)15-24-20(25)23-13-5-3-4-6-19(23)21-24/h7-10,18H,2-6,11-15H2,1H3. The Balaban J connectivity index is 1.51. The summed E-state index contributed by atoms with van der Waals surface area (Å²) < 4.78 is 5.24. The van der Waals surface area contributed by atoms with Gasteiger partial charge in [-0.25, -0.2) is 4.68 Å². The van der Waals surface area contributed by atoms with Crippen LogP contribution in [0.1, 0.15) is 56.0 Å². The Bertz CT molecular complexity index is 770. The Labute approximate surface area is 155 Å². The van der Waals surface area contributed by atoms with Crippen molar-refractivity contribution < 1.29 is 0 Å². The third kappa shape index (κ3) is 3.87. The highest BCUT2D eigenvalue weighted by molar-refractivity contribution is 7.71. The predicted octanol–water partition coefficient (Wildman–Crippen LogP) is 4.32. The molecule has 25 heavy (non-hydrogen) atoms. The van der Waals surface area contributed by atoms with E-state index >= 15 is 0 Å². The normalized spacial score (nSPS) is 17.5. The van der Waals surface area contributed by atoms with Crippen molar-refractivity contribution >= 4 is 12.2 Å². The van der Waals surface area contributed by atoms with E-state index in [0.29, 0.717) is 6.04 Å². The lowest BCUT2D eigenvalue weighted by Gasteiger charge is -2.22. The minimum Gasteiger partial charge on any atom is -0.304 e. The molecule has 1 aromatic heterocycles. The van der Waals surface area contributed by atoms with Gasteiger partial charge in [0.05, 0.1) is 6.67 Å². The van der Waals surface area contributed by atoms with Gasteiger partial charge in [-0.1, -0.05) is 37.6 Å². The molecule has 4 rings (SSSR count). The number of benzene rings is 1. The second-order valence-corrected chi connectivity index (χ2v) is 7.82. The molecule has 0 N–H and O–H groups in total. The molecular weight excluding hydrogens is 328 g/mol. The average molecular weight is 357 g/mol. The van der Waals surface area contributed by atoms with Crippen LogP contribution < -0.4 is 0 Å². The Kier molecular flexibility index (Phi) is 5.04. The molecule has 0 radical (unpaired) electrons. The minimum absolute atomic E-state index is 0.689. The molecule has 1 aliphatic heterocycles. The van der Waals surface area contributed by atoms with Gasteiger partial charge in [-0.3, -0.25) is 4.90 Å². The van der Waals surface area contributed by atoms with Crippen molar-refractivity contribution in [3.63, 3.8) is 0 Å². The third-order valence-corrected chi connectivity index (χ3v) is 5.91. The Morgan fingerprint density at radius 1 is 1.12 bits per heavy atom. The van der Waals surface area contributed by atoms with E-state index < -0.39 is 0 Å². The van der Waals surface area contributed by atoms with Gasteiger partial charge in [0.1, 0.15) is 5.82 Å². The maximum atomic E-state index is 5.73. The summed E-state index contributed by atoms with van der Waals surface area (Å²) in [4.78, 5) is 2.55. The molecule has 2 heterocycles. The first-order chi connectivity index (χ1) is 12.2. The summed E-state index contributed by atoms with van der Waals surface area (Å²) in [5.74, 6) is 1.19. The fourth-order valence-electron chi connectivity index (χ4n) is 3.74. The molecule has 0 bridgehead atoms. The van der Waals surface area contributed by atoms with Crippen LogP contribution in [0.3, 0.4) is 0 Å². The lowest BCUT2D eigenvalue weighted by atomic mass is 10.1. The van der Waals surface area contributed by atoms with Gasteiger partial charge >= 0.3 is 0 Å². The summed E-state index contributed by atoms with van der Waals surface area (Å²) >= 11 is 5.73. The summed E-state index contributed by atoms with van der Waals surface area (Å²) in [5.41, 5.74) is 2.79. The number of rotatable bonds is 6. The molecular formula is C20H28N4S. The topological polar surface area (TPSA) is 26.0 Å². The highest BCUT2D eigenvalue weighted by atomic mass is 32.1. The zero-order chi connectivity index (χ0) is 17.2. The van der Waals surface area contributed by atoms with E-state index in [1.807, 2.05) is 0 Å². The van der Waals surface area contributed by atoms with Crippen LogP contribution >= 0.6 is 12.2 Å². The molecule has 0 atom stereocenters. The Morgan fingerprint density at radius 2 is 1.88 bits per heavy atom. The van der Waals surface area contributed by atoms with Crippen LogP contribution in [0.2, 0.25) is 0 Å². The molecule has 134 valence electrons. The van der Waals surface area contributed by atoms with E-state index in [0.717, 1.165) is 37.4 Å². The summed E-state index contributed by atoms with van der Waals surface area (Å²) in [7, 11) is 0. The van der Waals surface area contributed by atoms with Crippen molar-refractivity contribution in [1.29, 1.82) is 0 Å². The summed E-state index contributed by atoms with van der Waals surface area (Å²) in [6.07, 6.45) is 8.52. The van der Waals surface area contributed by atoms with Crippen LogP contribution in [0, 0.1) is 4.77 Å². The molecule has 0 unspecified atom stereocenters. The lowest BCUT2D eigenvalue weighted by Crippen LogP contribution is -2.29. The van der Waals surface area contributed by atoms with Crippen LogP contribution in [0.4, 0.5) is 0 Å². The molecule has 1 aliphatic carbocycles. The van der Waals surface area contributed by atoms with Crippen LogP contribution in [0.25, 0.3) is 0 Å². The first-order valence-corrected chi connectivity index (χ1v) is 10.1. The number of aromatic nitrogens is 3. The van der Waals surface area contributed by atoms with Crippen LogP contribution in [-0.4, -0.2) is 25.3 Å². The van der Waals surface area contributed by atoms with E-state index in [9.17, 15) is 0 Å². The monoisotopic (exact) mass is 356 g/mol. The molecule has 4 nitrogen and oxygen atoms in total. The minimum atomic E-state index is 0.689. The number of nitrogens with zero attached hydrogens (tertiary/aromatic N) is 4. The maximum absolute atomic E-state index is 5.73. The fourth-order valence-corrected chi connectivity index (χ4v) is 4.03. The summed E-state index contributed by atoms with van der Waals surface area (Å²) in [6, 6.07) is 9.75. The van der Waals surface area contributed by atoms with Gasteiger partial charge < -0.3 is 4.57 Å². The fraction of sp³-hybridized carbons (Fsp3) is 0.600. The zero-order valence-electron chi connectivity index (χ0n) is 15.2. The Morgan fingerprint density at radius 3 is 2.60 bits per heavy atom. The maximum Gasteiger partial charge on any atom is 0.199 e. The summed E-state index contributed by atoms with van der Waals surface area (Å²) in [6.45, 7) is 5.05. The van der Waals surface area contributed by atoms with Gasteiger partial charge in [-0.15, -0.1) is 0 Å². The molecule has 0 amide bonds. The van der Waals surface area contributed by atoms with Crippen molar-refractivity contribution in [2.24, 2.45) is 0 Å². The highest BCUT2D eigenvalue weighted by Gasteiger charge is 2.30. The van der Waals surface area contributed by atoms with E-state index in [-0.39, 0.29) is 0 Å². The van der Waals surface area contributed by atoms with E-state index in [1.165, 1.54) is 49.1 Å². The van der Waals surface area contributed by atoms with Gasteiger partial charge in [0.2, 0.25) is 0 Å². The number of hydrogen-bond donors (Lipinski definition) is 0. The smallest absolute Gasteiger partial charge is 0.199 e. The molecule has 1 fully saturated rings. The Hall–Kier alpha value is -1.46. The summed E-state index contributed by atoms with van der Waals surface area (Å²) in [5, 5.41) is 4.86. The second-order valence-electron chi connectivity index (χ2n) is 7.45. The lowest BCUT2D eigenvalue weighted by molar-refractivity contribution is 0.186. The molecule has 0 saturated heterocycles. The highest BCUT2D eigenvalue weighted by Crippen LogP contribution is 2.29. The molecule has 1 saturated carbocycles. The largest absolute Gasteiger partial charge is 0.304 e. The van der Waals surface area contributed by atoms with Crippen molar-refractivity contribution in [3.05, 3.63) is 46.0 Å². The van der Waals surface area contributed by atoms with Crippen molar-refractivity contribution in [2.45, 2.75) is 77.7 Å². The van der Waals surface area contributed by atoms with Crippen molar-refractivity contribution in [3.8, 4) is 0 Å². The van der Waals surface area contributed by atoms with E-state index in [2.05, 4.69) is 45.3 Å². The number of aryl methyl sites for hydroxylation is 2. The van der Waals surface area contributed by atoms with Gasteiger partial charge in [-0.2, -0.15) is 5.10 Å². The van der Waals surface area contributed by atoms with Crippen LogP contribution in [0.15, 0.2) is 24.3 Å². The van der Waals surface area contributed by atoms with Crippen molar-refractivity contribution in [2.75, 3.05) is 0 Å². The van der Waals surface area contributed by atoms with E-state index in [4.69, 9.17) is 17.3 Å². The molecule has 1 aromatic carbocycles. The molecule has 5 heteroatoms. The third-order valence-electron chi connectivity index (χ3n) is 5.48. The first-order valence-electron chi connectivity index (χ1n) is 9.73. The van der Waals surface area contributed by atoms with Crippen molar-refractivity contribution in [1.82, 2.24) is 19.2 Å². The van der Waals surface area contributed by atoms with Gasteiger partial charge in [0.25, 0.3) is 0 Å². The predicted molar refractivity (Wildman–Crippen MR) is 103 cm³/mol. The second kappa shape index (κ2) is 7.42. The molecule has 2 aliphatic rings. The average Bonchev–Trinajstić information content (AvgIpc) is 3.45. The van der Waals surface area contributed by atoms with Gasteiger partial charge in [0, 0.05) is 25.6 Å². The zero-order valence-corrected chi connectivity index (χ0v) is 16.0. The van der Waals surface area contributed by atoms with Gasteiger partial charge in [0.15, 0.2) is 4.77 Å². The number of fused-ring (bicyclic) bond motifs is 1. The number of hydrogen-bond acceptors (Lipinski definition) is 3.